The maximum Gasteiger partial charge on any atom is 0.340 e. The summed E-state index contributed by atoms with van der Waals surface area (Å²) in [5.74, 6) is 0.325. The first-order valence-corrected chi connectivity index (χ1v) is 8.14. The summed E-state index contributed by atoms with van der Waals surface area (Å²) in [4.78, 5) is 39.6. The van der Waals surface area contributed by atoms with Crippen LogP contribution in [-0.2, 0) is 6.54 Å². The molecular weight excluding hydrogens is 324 g/mol. The molecular formula is C16H20N6O3. The van der Waals surface area contributed by atoms with Crippen molar-refractivity contribution in [2.24, 2.45) is 0 Å². The third kappa shape index (κ3) is 4.46. The van der Waals surface area contributed by atoms with Crippen molar-refractivity contribution in [3.8, 4) is 0 Å². The van der Waals surface area contributed by atoms with Crippen molar-refractivity contribution < 1.29 is 9.59 Å². The number of H-pyrrole nitrogens is 2. The van der Waals surface area contributed by atoms with Gasteiger partial charge in [-0.2, -0.15) is 5.10 Å². The van der Waals surface area contributed by atoms with Crippen LogP contribution in [0.1, 0.15) is 29.0 Å². The third-order valence-electron chi connectivity index (χ3n) is 4.03. The van der Waals surface area contributed by atoms with Crippen LogP contribution in [0.3, 0.4) is 0 Å². The van der Waals surface area contributed by atoms with Gasteiger partial charge < -0.3 is 15.5 Å². The molecule has 1 atom stereocenters. The van der Waals surface area contributed by atoms with Crippen LogP contribution in [0.15, 0.2) is 35.1 Å². The van der Waals surface area contributed by atoms with Gasteiger partial charge in [0, 0.05) is 24.7 Å². The Morgan fingerprint density at radius 3 is 2.80 bits per heavy atom. The highest BCUT2D eigenvalue weighted by Crippen LogP contribution is 2.13. The van der Waals surface area contributed by atoms with E-state index in [0.29, 0.717) is 24.5 Å². The monoisotopic (exact) mass is 344 g/mol. The number of carbonyl (C=O) groups excluding carboxylic acids is 2. The first-order chi connectivity index (χ1) is 12.1. The molecule has 0 bridgehead atoms. The quantitative estimate of drug-likeness (QED) is 0.633. The van der Waals surface area contributed by atoms with E-state index < -0.39 is 5.69 Å². The summed E-state index contributed by atoms with van der Waals surface area (Å²) in [6.45, 7) is 1.27. The Kier molecular flexibility index (Phi) is 5.12. The molecule has 3 amide bonds. The Bertz CT molecular complexity index is 784. The van der Waals surface area contributed by atoms with Gasteiger partial charge in [0.25, 0.3) is 5.91 Å². The van der Waals surface area contributed by atoms with E-state index in [4.69, 9.17) is 0 Å². The number of likely N-dealkylation sites (tertiary alicyclic amines) is 1. The van der Waals surface area contributed by atoms with E-state index >= 15 is 0 Å². The first kappa shape index (κ1) is 16.7. The molecule has 25 heavy (non-hydrogen) atoms. The highest BCUT2D eigenvalue weighted by molar-refractivity contribution is 5.94. The molecule has 0 aliphatic carbocycles. The number of benzene rings is 1. The summed E-state index contributed by atoms with van der Waals surface area (Å²) < 4.78 is 0. The molecule has 0 radical (unpaired) electrons. The molecule has 132 valence electrons. The summed E-state index contributed by atoms with van der Waals surface area (Å²) in [5, 5.41) is 11.4. The van der Waals surface area contributed by atoms with E-state index in [1.54, 1.807) is 17.0 Å². The smallest absolute Gasteiger partial charge is 0.337 e. The molecule has 1 unspecified atom stereocenters. The zero-order valence-corrected chi connectivity index (χ0v) is 13.6. The number of nitrogens with zero attached hydrogens (tertiary/aromatic N) is 2. The minimum absolute atomic E-state index is 0.0263. The Morgan fingerprint density at radius 2 is 2.08 bits per heavy atom. The second kappa shape index (κ2) is 7.65. The van der Waals surface area contributed by atoms with E-state index in [2.05, 4.69) is 25.8 Å². The zero-order chi connectivity index (χ0) is 17.6. The average molecular weight is 344 g/mol. The van der Waals surface area contributed by atoms with Crippen LogP contribution in [0.25, 0.3) is 0 Å². The summed E-state index contributed by atoms with van der Waals surface area (Å²) in [6, 6.07) is 8.64. The first-order valence-electron chi connectivity index (χ1n) is 8.14. The Labute approximate surface area is 143 Å². The molecule has 0 spiro atoms. The van der Waals surface area contributed by atoms with E-state index in [1.165, 1.54) is 0 Å². The van der Waals surface area contributed by atoms with Gasteiger partial charge in [-0.3, -0.25) is 9.78 Å². The summed E-state index contributed by atoms with van der Waals surface area (Å²) in [7, 11) is 0. The number of nitrogens with one attached hydrogen (secondary N) is 4. The van der Waals surface area contributed by atoms with E-state index in [1.807, 2.05) is 18.2 Å². The molecule has 9 heteroatoms. The number of amides is 3. The molecule has 1 aromatic heterocycles. The molecule has 1 saturated heterocycles. The molecule has 1 fully saturated rings. The number of aromatic amines is 2. The van der Waals surface area contributed by atoms with Crippen LogP contribution in [-0.4, -0.2) is 51.2 Å². The summed E-state index contributed by atoms with van der Waals surface area (Å²) >= 11 is 0. The van der Waals surface area contributed by atoms with E-state index in [9.17, 15) is 14.4 Å². The van der Waals surface area contributed by atoms with Gasteiger partial charge >= 0.3 is 11.7 Å². The fourth-order valence-electron chi connectivity index (χ4n) is 2.83. The second-order valence-electron chi connectivity index (χ2n) is 5.91. The van der Waals surface area contributed by atoms with Gasteiger partial charge in [-0.1, -0.05) is 18.2 Å². The lowest BCUT2D eigenvalue weighted by Gasteiger charge is -2.33. The van der Waals surface area contributed by atoms with Gasteiger partial charge in [-0.05, 0) is 25.0 Å². The maximum absolute atomic E-state index is 12.5. The van der Waals surface area contributed by atoms with Gasteiger partial charge in [-0.25, -0.2) is 14.7 Å². The van der Waals surface area contributed by atoms with Gasteiger partial charge in [0.05, 0.1) is 6.54 Å². The SMILES string of the molecule is O=C(NCc1n[nH]c(=O)[nH]1)NC1CCCN(C(=O)c2ccccc2)C1. The van der Waals surface area contributed by atoms with Crippen molar-refractivity contribution >= 4 is 11.9 Å². The Balaban J connectivity index is 1.50. The van der Waals surface area contributed by atoms with Crippen molar-refractivity contribution in [3.05, 3.63) is 52.2 Å². The fraction of sp³-hybridized carbons (Fsp3) is 0.375. The van der Waals surface area contributed by atoms with Gasteiger partial charge in [0.2, 0.25) is 0 Å². The minimum atomic E-state index is -0.417. The number of rotatable bonds is 4. The number of hydrogen-bond donors (Lipinski definition) is 4. The fourth-order valence-corrected chi connectivity index (χ4v) is 2.83. The van der Waals surface area contributed by atoms with Gasteiger partial charge in [0.15, 0.2) is 0 Å². The average Bonchev–Trinajstić information content (AvgIpc) is 3.06. The number of carbonyl (C=O) groups is 2. The van der Waals surface area contributed by atoms with Crippen molar-refractivity contribution in [2.75, 3.05) is 13.1 Å². The lowest BCUT2D eigenvalue weighted by atomic mass is 10.0. The Morgan fingerprint density at radius 1 is 1.28 bits per heavy atom. The predicted molar refractivity (Wildman–Crippen MR) is 89.9 cm³/mol. The molecule has 1 aromatic carbocycles. The standard InChI is InChI=1S/C16H20N6O3/c23-14(11-5-2-1-3-6-11)22-8-4-7-12(10-22)18-15(24)17-9-13-19-16(25)21-20-13/h1-3,5-6,12H,4,7-10H2,(H2,17,18,24)(H2,19,20,21,25). The highest BCUT2D eigenvalue weighted by Gasteiger charge is 2.25. The number of aromatic nitrogens is 3. The van der Waals surface area contributed by atoms with Crippen LogP contribution < -0.4 is 16.3 Å². The van der Waals surface area contributed by atoms with Gasteiger partial charge in [0.1, 0.15) is 5.82 Å². The molecule has 0 saturated carbocycles. The third-order valence-corrected chi connectivity index (χ3v) is 4.03. The second-order valence-corrected chi connectivity index (χ2v) is 5.91. The number of hydrogen-bond acceptors (Lipinski definition) is 4. The molecule has 1 aliphatic heterocycles. The van der Waals surface area contributed by atoms with Crippen molar-refractivity contribution in [2.45, 2.75) is 25.4 Å². The molecule has 9 nitrogen and oxygen atoms in total. The normalized spacial score (nSPS) is 17.1. The van der Waals surface area contributed by atoms with Gasteiger partial charge in [-0.15, -0.1) is 0 Å². The van der Waals surface area contributed by atoms with Crippen LogP contribution >= 0.6 is 0 Å². The molecule has 3 rings (SSSR count). The van der Waals surface area contributed by atoms with Crippen molar-refractivity contribution in [1.82, 2.24) is 30.7 Å². The lowest BCUT2D eigenvalue weighted by molar-refractivity contribution is 0.0697. The Hall–Kier alpha value is -3.10. The summed E-state index contributed by atoms with van der Waals surface area (Å²) in [5.41, 5.74) is 0.231. The van der Waals surface area contributed by atoms with Crippen molar-refractivity contribution in [1.29, 1.82) is 0 Å². The molecule has 4 N–H and O–H groups in total. The minimum Gasteiger partial charge on any atom is -0.337 e. The number of urea groups is 1. The largest absolute Gasteiger partial charge is 0.340 e. The maximum atomic E-state index is 12.5. The predicted octanol–water partition coefficient (Wildman–Crippen LogP) is 0.202. The van der Waals surface area contributed by atoms with E-state index in [-0.39, 0.29) is 24.5 Å². The van der Waals surface area contributed by atoms with Crippen LogP contribution in [0.5, 0.6) is 0 Å². The van der Waals surface area contributed by atoms with Crippen molar-refractivity contribution in [3.63, 3.8) is 0 Å². The molecule has 2 heterocycles. The van der Waals surface area contributed by atoms with E-state index in [0.717, 1.165) is 12.8 Å². The highest BCUT2D eigenvalue weighted by atomic mass is 16.2. The zero-order valence-electron chi connectivity index (χ0n) is 13.6. The number of piperidine rings is 1. The van der Waals surface area contributed by atoms with Crippen LogP contribution in [0, 0.1) is 0 Å². The van der Waals surface area contributed by atoms with Crippen LogP contribution in [0.4, 0.5) is 4.79 Å². The summed E-state index contributed by atoms with van der Waals surface area (Å²) in [6.07, 6.45) is 1.64. The van der Waals surface area contributed by atoms with Crippen LogP contribution in [0.2, 0.25) is 0 Å². The molecule has 1 aliphatic rings. The molecule has 2 aromatic rings. The lowest BCUT2D eigenvalue weighted by Crippen LogP contribution is -2.51. The topological polar surface area (TPSA) is 123 Å².